The first-order valence-electron chi connectivity index (χ1n) is 6.93. The third-order valence-corrected chi connectivity index (χ3v) is 3.78. The van der Waals surface area contributed by atoms with Crippen LogP contribution in [0.5, 0.6) is 0 Å². The fourth-order valence-corrected chi connectivity index (χ4v) is 2.62. The van der Waals surface area contributed by atoms with Crippen molar-refractivity contribution in [3.05, 3.63) is 70.4 Å². The van der Waals surface area contributed by atoms with E-state index in [0.717, 1.165) is 0 Å². The Balaban J connectivity index is 1.92. The van der Waals surface area contributed by atoms with E-state index in [1.807, 2.05) is 6.07 Å². The second-order valence-electron chi connectivity index (χ2n) is 5.02. The lowest BCUT2D eigenvalue weighted by molar-refractivity contribution is 0.0689. The number of rotatable bonds is 4. The van der Waals surface area contributed by atoms with Crippen LogP contribution < -0.4 is 5.32 Å². The van der Waals surface area contributed by atoms with Gasteiger partial charge >= 0.3 is 5.97 Å². The first kappa shape index (κ1) is 15.1. The van der Waals surface area contributed by atoms with Crippen LogP contribution in [0.4, 0.5) is 0 Å². The highest BCUT2D eigenvalue weighted by Crippen LogP contribution is 2.25. The van der Waals surface area contributed by atoms with Gasteiger partial charge in [-0.1, -0.05) is 29.8 Å². The molecule has 116 valence electrons. The Kier molecular flexibility index (Phi) is 4.04. The van der Waals surface area contributed by atoms with Crippen molar-refractivity contribution in [3.8, 4) is 0 Å². The van der Waals surface area contributed by atoms with Gasteiger partial charge < -0.3 is 15.4 Å². The van der Waals surface area contributed by atoms with Gasteiger partial charge in [0, 0.05) is 33.6 Å². The van der Waals surface area contributed by atoms with Crippen molar-refractivity contribution in [3.63, 3.8) is 0 Å². The van der Waals surface area contributed by atoms with E-state index in [2.05, 4.69) is 10.3 Å². The molecular weight excluding hydrogens is 316 g/mol. The summed E-state index contributed by atoms with van der Waals surface area (Å²) < 4.78 is 0. The normalized spacial score (nSPS) is 10.7. The van der Waals surface area contributed by atoms with Crippen molar-refractivity contribution >= 4 is 34.4 Å². The summed E-state index contributed by atoms with van der Waals surface area (Å²) in [5.41, 5.74) is 1.73. The van der Waals surface area contributed by atoms with Gasteiger partial charge in [0.25, 0.3) is 5.91 Å². The van der Waals surface area contributed by atoms with Crippen LogP contribution in [0.25, 0.3) is 10.9 Å². The standard InChI is InChI=1S/C17H13ClN2O3/c18-11-6-7-14-12(8-11)13(15(20-14)17(22)23)9-19-16(21)10-4-2-1-3-5-10/h1-8,20H,9H2,(H,19,21)(H,22,23). The predicted octanol–water partition coefficient (Wildman–Crippen LogP) is 3.45. The predicted molar refractivity (Wildman–Crippen MR) is 87.9 cm³/mol. The van der Waals surface area contributed by atoms with Crippen LogP contribution in [0.1, 0.15) is 26.4 Å². The Hall–Kier alpha value is -2.79. The number of aromatic nitrogens is 1. The van der Waals surface area contributed by atoms with Gasteiger partial charge in [-0.3, -0.25) is 4.79 Å². The Bertz CT molecular complexity index is 887. The molecule has 0 unspecified atom stereocenters. The van der Waals surface area contributed by atoms with E-state index in [1.165, 1.54) is 0 Å². The Labute approximate surface area is 136 Å². The molecule has 3 rings (SSSR count). The van der Waals surface area contributed by atoms with Gasteiger partial charge in [-0.15, -0.1) is 0 Å². The van der Waals surface area contributed by atoms with Crippen molar-refractivity contribution in [1.82, 2.24) is 10.3 Å². The van der Waals surface area contributed by atoms with Gasteiger partial charge in [-0.25, -0.2) is 4.79 Å². The first-order valence-corrected chi connectivity index (χ1v) is 7.30. The zero-order chi connectivity index (χ0) is 16.4. The van der Waals surface area contributed by atoms with E-state index >= 15 is 0 Å². The number of fused-ring (bicyclic) bond motifs is 1. The van der Waals surface area contributed by atoms with E-state index in [1.54, 1.807) is 42.5 Å². The number of aromatic carboxylic acids is 1. The number of carbonyl (C=O) groups excluding carboxylic acids is 1. The summed E-state index contributed by atoms with van der Waals surface area (Å²) in [4.78, 5) is 26.4. The summed E-state index contributed by atoms with van der Waals surface area (Å²) in [5, 5.41) is 13.3. The molecule has 1 heterocycles. The highest BCUT2D eigenvalue weighted by atomic mass is 35.5. The lowest BCUT2D eigenvalue weighted by Gasteiger charge is -2.06. The van der Waals surface area contributed by atoms with Gasteiger partial charge in [-0.2, -0.15) is 0 Å². The van der Waals surface area contributed by atoms with Crippen LogP contribution in [0.2, 0.25) is 5.02 Å². The molecule has 6 heteroatoms. The molecule has 0 aliphatic rings. The minimum absolute atomic E-state index is 0.0515. The average molecular weight is 329 g/mol. The lowest BCUT2D eigenvalue weighted by atomic mass is 10.1. The van der Waals surface area contributed by atoms with Gasteiger partial charge in [0.05, 0.1) is 0 Å². The van der Waals surface area contributed by atoms with Crippen molar-refractivity contribution in [2.45, 2.75) is 6.54 Å². The summed E-state index contributed by atoms with van der Waals surface area (Å²) in [7, 11) is 0. The number of benzene rings is 2. The SMILES string of the molecule is O=C(NCc1c(C(=O)O)[nH]c2ccc(Cl)cc12)c1ccccc1. The molecule has 1 aromatic heterocycles. The second kappa shape index (κ2) is 6.14. The fraction of sp³-hybridized carbons (Fsp3) is 0.0588. The number of halogens is 1. The van der Waals surface area contributed by atoms with Gasteiger partial charge in [0.1, 0.15) is 5.69 Å². The molecule has 0 radical (unpaired) electrons. The minimum atomic E-state index is -1.08. The van der Waals surface area contributed by atoms with Gasteiger partial charge in [0.2, 0.25) is 0 Å². The molecule has 5 nitrogen and oxygen atoms in total. The number of H-pyrrole nitrogens is 1. The van der Waals surface area contributed by atoms with Crippen LogP contribution >= 0.6 is 11.6 Å². The highest BCUT2D eigenvalue weighted by molar-refractivity contribution is 6.31. The monoisotopic (exact) mass is 328 g/mol. The molecule has 0 spiro atoms. The molecule has 23 heavy (non-hydrogen) atoms. The first-order chi connectivity index (χ1) is 11.1. The summed E-state index contributed by atoms with van der Waals surface area (Å²) in [5.74, 6) is -1.35. The van der Waals surface area contributed by atoms with Crippen molar-refractivity contribution in [2.75, 3.05) is 0 Å². The number of carboxylic acids is 1. The Morgan fingerprint density at radius 1 is 1.13 bits per heavy atom. The van der Waals surface area contributed by atoms with Crippen LogP contribution in [-0.4, -0.2) is 22.0 Å². The van der Waals surface area contributed by atoms with Crippen LogP contribution in [0.3, 0.4) is 0 Å². The largest absolute Gasteiger partial charge is 0.477 e. The summed E-state index contributed by atoms with van der Waals surface area (Å²) >= 11 is 5.99. The van der Waals surface area contributed by atoms with Crippen LogP contribution in [-0.2, 0) is 6.54 Å². The van der Waals surface area contributed by atoms with Crippen LogP contribution in [0, 0.1) is 0 Å². The summed E-state index contributed by atoms with van der Waals surface area (Å²) in [6.07, 6.45) is 0. The highest BCUT2D eigenvalue weighted by Gasteiger charge is 2.18. The quantitative estimate of drug-likeness (QED) is 0.686. The van der Waals surface area contributed by atoms with E-state index in [0.29, 0.717) is 27.1 Å². The minimum Gasteiger partial charge on any atom is -0.477 e. The molecule has 2 aromatic carbocycles. The maximum atomic E-state index is 12.1. The lowest BCUT2D eigenvalue weighted by Crippen LogP contribution is -2.23. The zero-order valence-electron chi connectivity index (χ0n) is 12.0. The Morgan fingerprint density at radius 2 is 1.87 bits per heavy atom. The maximum Gasteiger partial charge on any atom is 0.352 e. The summed E-state index contributed by atoms with van der Waals surface area (Å²) in [6, 6.07) is 13.8. The van der Waals surface area contributed by atoms with Crippen molar-refractivity contribution in [2.24, 2.45) is 0 Å². The smallest absolute Gasteiger partial charge is 0.352 e. The molecule has 0 bridgehead atoms. The summed E-state index contributed by atoms with van der Waals surface area (Å²) in [6.45, 7) is 0.0930. The van der Waals surface area contributed by atoms with E-state index in [4.69, 9.17) is 11.6 Å². The number of hydrogen-bond donors (Lipinski definition) is 3. The molecule has 0 fully saturated rings. The number of carboxylic acid groups (broad SMARTS) is 1. The molecule has 0 saturated carbocycles. The third kappa shape index (κ3) is 3.05. The third-order valence-electron chi connectivity index (χ3n) is 3.54. The molecule has 1 amide bonds. The molecule has 0 atom stereocenters. The van der Waals surface area contributed by atoms with Gasteiger partial charge in [-0.05, 0) is 30.3 Å². The molecule has 0 aliphatic carbocycles. The Morgan fingerprint density at radius 3 is 2.57 bits per heavy atom. The molecular formula is C17H13ClN2O3. The number of hydrogen-bond acceptors (Lipinski definition) is 2. The van der Waals surface area contributed by atoms with Crippen LogP contribution in [0.15, 0.2) is 48.5 Å². The molecule has 3 aromatic rings. The van der Waals surface area contributed by atoms with Crippen molar-refractivity contribution in [1.29, 1.82) is 0 Å². The number of aromatic amines is 1. The maximum absolute atomic E-state index is 12.1. The fourth-order valence-electron chi connectivity index (χ4n) is 2.45. The molecule has 0 aliphatic heterocycles. The zero-order valence-corrected chi connectivity index (χ0v) is 12.7. The van der Waals surface area contributed by atoms with E-state index < -0.39 is 5.97 Å². The second-order valence-corrected chi connectivity index (χ2v) is 5.46. The molecule has 3 N–H and O–H groups in total. The van der Waals surface area contributed by atoms with E-state index in [9.17, 15) is 14.7 Å². The van der Waals surface area contributed by atoms with Crippen molar-refractivity contribution < 1.29 is 14.7 Å². The number of carbonyl (C=O) groups is 2. The average Bonchev–Trinajstić information content (AvgIpc) is 2.91. The topological polar surface area (TPSA) is 82.2 Å². The van der Waals surface area contributed by atoms with Gasteiger partial charge in [0.15, 0.2) is 0 Å². The number of amides is 1. The van der Waals surface area contributed by atoms with E-state index in [-0.39, 0.29) is 18.1 Å². The molecule has 0 saturated heterocycles. The number of nitrogens with one attached hydrogen (secondary N) is 2.